The van der Waals surface area contributed by atoms with Crippen LogP contribution in [0.2, 0.25) is 5.15 Å². The van der Waals surface area contributed by atoms with E-state index in [9.17, 15) is 0 Å². The first kappa shape index (κ1) is 10.2. The molecule has 0 radical (unpaired) electrons. The van der Waals surface area contributed by atoms with Crippen molar-refractivity contribution in [3.63, 3.8) is 0 Å². The highest BCUT2D eigenvalue weighted by Crippen LogP contribution is 2.19. The zero-order valence-corrected chi connectivity index (χ0v) is 9.10. The van der Waals surface area contributed by atoms with Gasteiger partial charge in [0.15, 0.2) is 5.65 Å². The maximum Gasteiger partial charge on any atom is 0.186 e. The number of aromatic nitrogens is 4. The van der Waals surface area contributed by atoms with E-state index in [1.165, 1.54) is 6.33 Å². The van der Waals surface area contributed by atoms with Gasteiger partial charge in [0.05, 0.1) is 5.39 Å². The third-order valence-electron chi connectivity index (χ3n) is 1.74. The van der Waals surface area contributed by atoms with Crippen molar-refractivity contribution in [1.29, 1.82) is 0 Å². The minimum Gasteiger partial charge on any atom is -0.267 e. The summed E-state index contributed by atoms with van der Waals surface area (Å²) in [4.78, 5) is 7.83. The summed E-state index contributed by atoms with van der Waals surface area (Å²) in [6.07, 6.45) is 1.98. The highest BCUT2D eigenvalue weighted by molar-refractivity contribution is 6.34. The van der Waals surface area contributed by atoms with Crippen LogP contribution in [0.15, 0.2) is 6.33 Å². The minimum atomic E-state index is 0.351. The molecule has 15 heavy (non-hydrogen) atoms. The summed E-state index contributed by atoms with van der Waals surface area (Å²) in [5.74, 6) is 6.29. The van der Waals surface area contributed by atoms with Gasteiger partial charge >= 0.3 is 0 Å². The molecule has 0 unspecified atom stereocenters. The zero-order valence-electron chi connectivity index (χ0n) is 7.59. The van der Waals surface area contributed by atoms with E-state index >= 15 is 0 Å². The van der Waals surface area contributed by atoms with Gasteiger partial charge in [-0.25, -0.2) is 9.97 Å². The number of H-pyrrole nitrogens is 1. The van der Waals surface area contributed by atoms with Gasteiger partial charge in [0, 0.05) is 12.3 Å². The minimum absolute atomic E-state index is 0.351. The molecule has 2 heterocycles. The fraction of sp³-hybridized carbons (Fsp3) is 0.222. The van der Waals surface area contributed by atoms with E-state index in [4.69, 9.17) is 23.2 Å². The number of halogens is 2. The van der Waals surface area contributed by atoms with Crippen molar-refractivity contribution in [1.82, 2.24) is 20.2 Å². The number of nitrogens with zero attached hydrogens (tertiary/aromatic N) is 3. The second-order valence-electron chi connectivity index (χ2n) is 2.70. The molecule has 0 aliphatic heterocycles. The highest BCUT2D eigenvalue weighted by atomic mass is 35.5. The fourth-order valence-corrected chi connectivity index (χ4v) is 1.43. The van der Waals surface area contributed by atoms with Crippen LogP contribution in [0.3, 0.4) is 0 Å². The van der Waals surface area contributed by atoms with Crippen molar-refractivity contribution in [2.24, 2.45) is 0 Å². The Kier molecular flexibility index (Phi) is 3.05. The third-order valence-corrected chi connectivity index (χ3v) is 2.21. The Morgan fingerprint density at radius 3 is 3.07 bits per heavy atom. The monoisotopic (exact) mass is 240 g/mol. The molecule has 0 aromatic carbocycles. The average molecular weight is 241 g/mol. The quantitative estimate of drug-likeness (QED) is 0.472. The third kappa shape index (κ3) is 2.04. The van der Waals surface area contributed by atoms with Gasteiger partial charge in [-0.05, 0) is 5.92 Å². The van der Waals surface area contributed by atoms with Crippen molar-refractivity contribution >= 4 is 34.2 Å². The Balaban J connectivity index is 2.50. The number of alkyl halides is 1. The molecule has 4 nitrogen and oxygen atoms in total. The van der Waals surface area contributed by atoms with Crippen LogP contribution in [0.5, 0.6) is 0 Å². The fourth-order valence-electron chi connectivity index (χ4n) is 1.11. The lowest BCUT2D eigenvalue weighted by Gasteiger charge is -1.89. The van der Waals surface area contributed by atoms with Gasteiger partial charge in [-0.15, -0.1) is 11.6 Å². The molecular weight excluding hydrogens is 235 g/mol. The highest BCUT2D eigenvalue weighted by Gasteiger charge is 2.08. The molecular formula is C9H6Cl2N4. The van der Waals surface area contributed by atoms with E-state index in [0.717, 1.165) is 0 Å². The van der Waals surface area contributed by atoms with Crippen LogP contribution < -0.4 is 0 Å². The number of aromatic amines is 1. The van der Waals surface area contributed by atoms with Gasteiger partial charge in [0.25, 0.3) is 0 Å². The first-order valence-corrected chi connectivity index (χ1v) is 5.13. The molecule has 0 amide bonds. The number of fused-ring (bicyclic) bond motifs is 1. The summed E-state index contributed by atoms with van der Waals surface area (Å²) >= 11 is 11.4. The van der Waals surface area contributed by atoms with Gasteiger partial charge < -0.3 is 0 Å². The van der Waals surface area contributed by atoms with Gasteiger partial charge in [-0.1, -0.05) is 17.5 Å². The summed E-state index contributed by atoms with van der Waals surface area (Å²) in [7, 11) is 0. The predicted molar refractivity (Wildman–Crippen MR) is 58.9 cm³/mol. The molecule has 76 valence electrons. The Morgan fingerprint density at radius 2 is 2.27 bits per heavy atom. The standard InChI is InChI=1S/C9H6Cl2N4/c10-4-2-1-3-6-7-8(11)12-5-13-9(7)15-14-6/h5H,2,4H2,(H,12,13,14,15). The molecule has 2 rings (SSSR count). The maximum absolute atomic E-state index is 5.91. The van der Waals surface area contributed by atoms with Crippen molar-refractivity contribution < 1.29 is 0 Å². The number of hydrogen-bond donors (Lipinski definition) is 1. The second kappa shape index (κ2) is 4.47. The summed E-state index contributed by atoms with van der Waals surface area (Å²) in [5.41, 5.74) is 1.14. The summed E-state index contributed by atoms with van der Waals surface area (Å²) in [5, 5.41) is 7.73. The lowest BCUT2D eigenvalue weighted by molar-refractivity contribution is 1.08. The van der Waals surface area contributed by atoms with E-state index in [1.54, 1.807) is 0 Å². The average Bonchev–Trinajstić information content (AvgIpc) is 2.63. The Morgan fingerprint density at radius 1 is 1.40 bits per heavy atom. The topological polar surface area (TPSA) is 54.5 Å². The lowest BCUT2D eigenvalue weighted by Crippen LogP contribution is -1.82. The lowest BCUT2D eigenvalue weighted by atomic mass is 10.3. The molecule has 0 aliphatic carbocycles. The Bertz CT molecular complexity index is 538. The molecule has 0 atom stereocenters. The van der Waals surface area contributed by atoms with Crippen LogP contribution in [0, 0.1) is 11.8 Å². The summed E-state index contributed by atoms with van der Waals surface area (Å²) in [6.45, 7) is 0. The van der Waals surface area contributed by atoms with E-state index in [1.807, 2.05) is 0 Å². The normalized spacial score (nSPS) is 10.0. The molecule has 0 bridgehead atoms. The number of nitrogens with one attached hydrogen (secondary N) is 1. The van der Waals surface area contributed by atoms with Crippen molar-refractivity contribution in [2.45, 2.75) is 6.42 Å². The molecule has 2 aromatic rings. The first-order chi connectivity index (χ1) is 7.33. The van der Waals surface area contributed by atoms with Crippen LogP contribution in [0.25, 0.3) is 11.0 Å². The summed E-state index contributed by atoms with van der Waals surface area (Å²) < 4.78 is 0. The molecule has 2 aromatic heterocycles. The van der Waals surface area contributed by atoms with Crippen LogP contribution in [0.1, 0.15) is 12.1 Å². The number of rotatable bonds is 1. The van der Waals surface area contributed by atoms with Crippen LogP contribution >= 0.6 is 23.2 Å². The molecule has 6 heteroatoms. The van der Waals surface area contributed by atoms with Crippen LogP contribution in [0.4, 0.5) is 0 Å². The van der Waals surface area contributed by atoms with Gasteiger partial charge in [0.2, 0.25) is 0 Å². The molecule has 0 aliphatic rings. The second-order valence-corrected chi connectivity index (χ2v) is 3.44. The Labute approximate surface area is 96.0 Å². The zero-order chi connectivity index (χ0) is 10.7. The molecule has 0 saturated heterocycles. The summed E-state index contributed by atoms with van der Waals surface area (Å²) in [6, 6.07) is 0. The SMILES string of the molecule is ClCCC#Cc1[nH]nc2ncnc(Cl)c12. The molecule has 0 spiro atoms. The van der Waals surface area contributed by atoms with Crippen molar-refractivity contribution in [2.75, 3.05) is 5.88 Å². The predicted octanol–water partition coefficient (Wildman–Crippen LogP) is 1.99. The van der Waals surface area contributed by atoms with E-state index < -0.39 is 0 Å². The maximum atomic E-state index is 5.91. The largest absolute Gasteiger partial charge is 0.267 e. The van der Waals surface area contributed by atoms with Gasteiger partial charge in [0.1, 0.15) is 17.2 Å². The van der Waals surface area contributed by atoms with Gasteiger partial charge in [-0.3, -0.25) is 5.10 Å². The van der Waals surface area contributed by atoms with E-state index in [0.29, 0.717) is 34.2 Å². The Hall–Kier alpha value is -1.31. The molecule has 1 N–H and O–H groups in total. The van der Waals surface area contributed by atoms with Crippen molar-refractivity contribution in [3.8, 4) is 11.8 Å². The van der Waals surface area contributed by atoms with E-state index in [2.05, 4.69) is 32.0 Å². The molecule has 0 fully saturated rings. The van der Waals surface area contributed by atoms with E-state index in [-0.39, 0.29) is 0 Å². The molecule has 0 saturated carbocycles. The van der Waals surface area contributed by atoms with Crippen molar-refractivity contribution in [3.05, 3.63) is 17.2 Å². The van der Waals surface area contributed by atoms with Crippen LogP contribution in [-0.2, 0) is 0 Å². The smallest absolute Gasteiger partial charge is 0.186 e. The van der Waals surface area contributed by atoms with Gasteiger partial charge in [-0.2, -0.15) is 5.10 Å². The first-order valence-electron chi connectivity index (χ1n) is 4.22. The number of hydrogen-bond acceptors (Lipinski definition) is 3. The van der Waals surface area contributed by atoms with Crippen LogP contribution in [-0.4, -0.2) is 26.0 Å².